The van der Waals surface area contributed by atoms with Crippen molar-refractivity contribution < 1.29 is 4.39 Å². The quantitative estimate of drug-likeness (QED) is 0.528. The Balaban J connectivity index is 1.48. The number of piperazine rings is 1. The molecule has 0 radical (unpaired) electrons. The number of nitrogens with zero attached hydrogens (tertiary/aromatic N) is 3. The fourth-order valence-electron chi connectivity index (χ4n) is 4.60. The molecule has 2 aromatic heterocycles. The van der Waals surface area contributed by atoms with Gasteiger partial charge >= 0.3 is 0 Å². The Hall–Kier alpha value is -3.18. The molecule has 1 aliphatic heterocycles. The van der Waals surface area contributed by atoms with Gasteiger partial charge in [0.05, 0.1) is 11.7 Å². The van der Waals surface area contributed by atoms with Crippen LogP contribution in [-0.2, 0) is 0 Å². The number of pyridine rings is 1. The molecule has 1 atom stereocenters. The molecule has 0 bridgehead atoms. The van der Waals surface area contributed by atoms with Crippen LogP contribution in [0, 0.1) is 12.7 Å². The Labute approximate surface area is 176 Å². The number of aryl methyl sites for hydroxylation is 1. The van der Waals surface area contributed by atoms with E-state index in [1.165, 1.54) is 28.8 Å². The predicted octanol–water partition coefficient (Wildman–Crippen LogP) is 4.92. The van der Waals surface area contributed by atoms with E-state index < -0.39 is 0 Å². The second kappa shape index (κ2) is 7.92. The van der Waals surface area contributed by atoms with E-state index in [9.17, 15) is 4.39 Å². The van der Waals surface area contributed by atoms with Gasteiger partial charge in [-0.2, -0.15) is 0 Å². The standard InChI is InChI=1S/C25H25FN4/c1-18-24(21-6-2-3-7-22(21)28-18)25(23-8-4-5-13-27-23)30-16-14-29(15-17-30)20-11-9-19(26)10-12-20/h2-13,25,28H,14-17H2,1H3/t25-/m1/s1. The number of aromatic amines is 1. The minimum Gasteiger partial charge on any atom is -0.369 e. The number of hydrogen-bond donors (Lipinski definition) is 1. The number of fused-ring (bicyclic) bond motifs is 1. The molecule has 0 spiro atoms. The smallest absolute Gasteiger partial charge is 0.123 e. The summed E-state index contributed by atoms with van der Waals surface area (Å²) in [6, 6.07) is 21.5. The van der Waals surface area contributed by atoms with Crippen LogP contribution < -0.4 is 4.90 Å². The molecule has 0 saturated carbocycles. The summed E-state index contributed by atoms with van der Waals surface area (Å²) in [4.78, 5) is 13.1. The van der Waals surface area contributed by atoms with Crippen molar-refractivity contribution in [3.8, 4) is 0 Å². The third-order valence-electron chi connectivity index (χ3n) is 6.06. The molecular formula is C25H25FN4. The van der Waals surface area contributed by atoms with Crippen LogP contribution in [0.5, 0.6) is 0 Å². The highest BCUT2D eigenvalue weighted by Crippen LogP contribution is 2.36. The molecule has 4 nitrogen and oxygen atoms in total. The van der Waals surface area contributed by atoms with Crippen molar-refractivity contribution in [3.63, 3.8) is 0 Å². The van der Waals surface area contributed by atoms with Gasteiger partial charge in [0.2, 0.25) is 0 Å². The lowest BCUT2D eigenvalue weighted by Gasteiger charge is -2.40. The summed E-state index contributed by atoms with van der Waals surface area (Å²) in [7, 11) is 0. The number of benzene rings is 2. The number of aromatic nitrogens is 2. The van der Waals surface area contributed by atoms with E-state index in [0.717, 1.165) is 43.1 Å². The lowest BCUT2D eigenvalue weighted by molar-refractivity contribution is 0.209. The van der Waals surface area contributed by atoms with E-state index in [2.05, 4.69) is 58.1 Å². The third kappa shape index (κ3) is 3.46. The molecule has 5 heteroatoms. The monoisotopic (exact) mass is 400 g/mol. The molecule has 5 rings (SSSR count). The molecule has 1 saturated heterocycles. The highest BCUT2D eigenvalue weighted by atomic mass is 19.1. The number of anilines is 1. The maximum absolute atomic E-state index is 13.3. The number of H-pyrrole nitrogens is 1. The van der Waals surface area contributed by atoms with E-state index in [-0.39, 0.29) is 11.9 Å². The summed E-state index contributed by atoms with van der Waals surface area (Å²) >= 11 is 0. The molecule has 0 amide bonds. The zero-order chi connectivity index (χ0) is 20.5. The summed E-state index contributed by atoms with van der Waals surface area (Å²) in [5, 5.41) is 1.26. The lowest BCUT2D eigenvalue weighted by Crippen LogP contribution is -2.48. The van der Waals surface area contributed by atoms with Crippen molar-refractivity contribution in [1.82, 2.24) is 14.9 Å². The largest absolute Gasteiger partial charge is 0.369 e. The molecule has 2 aromatic carbocycles. The summed E-state index contributed by atoms with van der Waals surface area (Å²) in [5.41, 5.74) is 5.80. The first kappa shape index (κ1) is 18.8. The van der Waals surface area contributed by atoms with Crippen LogP contribution in [0.15, 0.2) is 72.9 Å². The van der Waals surface area contributed by atoms with Crippen LogP contribution in [0.25, 0.3) is 10.9 Å². The lowest BCUT2D eigenvalue weighted by atomic mass is 9.97. The second-order valence-corrected chi connectivity index (χ2v) is 7.87. The summed E-state index contributed by atoms with van der Waals surface area (Å²) in [6.45, 7) is 5.78. The molecule has 30 heavy (non-hydrogen) atoms. The summed E-state index contributed by atoms with van der Waals surface area (Å²) < 4.78 is 13.3. The van der Waals surface area contributed by atoms with Crippen molar-refractivity contribution in [1.29, 1.82) is 0 Å². The van der Waals surface area contributed by atoms with E-state index in [4.69, 9.17) is 4.98 Å². The van der Waals surface area contributed by atoms with Crippen LogP contribution in [0.3, 0.4) is 0 Å². The van der Waals surface area contributed by atoms with Crippen LogP contribution in [0.1, 0.15) is 23.0 Å². The summed E-state index contributed by atoms with van der Waals surface area (Å²) in [6.07, 6.45) is 1.88. The zero-order valence-electron chi connectivity index (χ0n) is 17.1. The fraction of sp³-hybridized carbons (Fsp3) is 0.240. The number of rotatable bonds is 4. The minimum absolute atomic E-state index is 0.0951. The molecule has 1 fully saturated rings. The first-order chi connectivity index (χ1) is 14.7. The van der Waals surface area contributed by atoms with Crippen LogP contribution in [0.2, 0.25) is 0 Å². The Morgan fingerprint density at radius 2 is 1.63 bits per heavy atom. The Morgan fingerprint density at radius 1 is 0.900 bits per heavy atom. The number of halogens is 1. The third-order valence-corrected chi connectivity index (χ3v) is 6.06. The topological polar surface area (TPSA) is 35.2 Å². The number of para-hydroxylation sites is 1. The van der Waals surface area contributed by atoms with Gasteiger partial charge in [-0.25, -0.2) is 4.39 Å². The van der Waals surface area contributed by atoms with Crippen molar-refractivity contribution >= 4 is 16.6 Å². The molecule has 1 N–H and O–H groups in total. The van der Waals surface area contributed by atoms with Gasteiger partial charge < -0.3 is 9.88 Å². The normalized spacial score (nSPS) is 16.1. The van der Waals surface area contributed by atoms with E-state index in [1.54, 1.807) is 0 Å². The predicted molar refractivity (Wildman–Crippen MR) is 119 cm³/mol. The van der Waals surface area contributed by atoms with Crippen LogP contribution in [-0.4, -0.2) is 41.0 Å². The van der Waals surface area contributed by atoms with Gasteiger partial charge in [0.1, 0.15) is 5.82 Å². The van der Waals surface area contributed by atoms with E-state index in [1.807, 2.05) is 24.4 Å². The van der Waals surface area contributed by atoms with Gasteiger partial charge in [-0.1, -0.05) is 24.3 Å². The average Bonchev–Trinajstić information content (AvgIpc) is 3.12. The highest BCUT2D eigenvalue weighted by molar-refractivity contribution is 5.85. The van der Waals surface area contributed by atoms with Crippen LogP contribution in [0.4, 0.5) is 10.1 Å². The average molecular weight is 401 g/mol. The first-order valence-electron chi connectivity index (χ1n) is 10.4. The Morgan fingerprint density at radius 3 is 2.37 bits per heavy atom. The fourth-order valence-corrected chi connectivity index (χ4v) is 4.60. The molecule has 4 aromatic rings. The van der Waals surface area contributed by atoms with Crippen molar-refractivity contribution in [2.24, 2.45) is 0 Å². The first-order valence-corrected chi connectivity index (χ1v) is 10.4. The number of hydrogen-bond acceptors (Lipinski definition) is 3. The highest BCUT2D eigenvalue weighted by Gasteiger charge is 2.30. The zero-order valence-corrected chi connectivity index (χ0v) is 17.1. The van der Waals surface area contributed by atoms with Gasteiger partial charge in [0.25, 0.3) is 0 Å². The van der Waals surface area contributed by atoms with E-state index >= 15 is 0 Å². The molecular weight excluding hydrogens is 375 g/mol. The van der Waals surface area contributed by atoms with Gasteiger partial charge in [-0.15, -0.1) is 0 Å². The van der Waals surface area contributed by atoms with Crippen molar-refractivity contribution in [2.45, 2.75) is 13.0 Å². The maximum atomic E-state index is 13.3. The molecule has 1 aliphatic rings. The SMILES string of the molecule is Cc1[nH]c2ccccc2c1[C@@H](c1ccccn1)N1CCN(c2ccc(F)cc2)CC1. The molecule has 0 unspecified atom stereocenters. The van der Waals surface area contributed by atoms with Gasteiger partial charge in [0, 0.05) is 60.2 Å². The van der Waals surface area contributed by atoms with Gasteiger partial charge in [0.15, 0.2) is 0 Å². The van der Waals surface area contributed by atoms with Gasteiger partial charge in [-0.3, -0.25) is 9.88 Å². The Bertz CT molecular complexity index is 1130. The summed E-state index contributed by atoms with van der Waals surface area (Å²) in [5.74, 6) is -0.192. The molecule has 152 valence electrons. The van der Waals surface area contributed by atoms with Crippen LogP contribution >= 0.6 is 0 Å². The molecule has 3 heterocycles. The van der Waals surface area contributed by atoms with Crippen molar-refractivity contribution in [3.05, 3.63) is 95.7 Å². The van der Waals surface area contributed by atoms with Gasteiger partial charge in [-0.05, 0) is 49.4 Å². The number of nitrogens with one attached hydrogen (secondary N) is 1. The molecule has 0 aliphatic carbocycles. The minimum atomic E-state index is -0.192. The Kier molecular flexibility index (Phi) is 4.97. The second-order valence-electron chi connectivity index (χ2n) is 7.87. The maximum Gasteiger partial charge on any atom is 0.123 e. The van der Waals surface area contributed by atoms with Crippen molar-refractivity contribution in [2.75, 3.05) is 31.1 Å². The van der Waals surface area contributed by atoms with E-state index in [0.29, 0.717) is 0 Å².